The number of amides is 2. The number of halogens is 3. The van der Waals surface area contributed by atoms with Crippen LogP contribution in [0.1, 0.15) is 49.7 Å². The molecule has 43 heavy (non-hydrogen) atoms. The summed E-state index contributed by atoms with van der Waals surface area (Å²) in [5.41, 5.74) is 3.19. The smallest absolute Gasteiger partial charge is 0.481 e. The summed E-state index contributed by atoms with van der Waals surface area (Å²) in [6, 6.07) is 30.7. The van der Waals surface area contributed by atoms with Gasteiger partial charge in [-0.05, 0) is 53.1 Å². The molecule has 0 spiro atoms. The highest BCUT2D eigenvalue weighted by molar-refractivity contribution is 5.95. The van der Waals surface area contributed by atoms with E-state index in [0.717, 1.165) is 23.3 Å². The van der Waals surface area contributed by atoms with Crippen LogP contribution < -0.4 is 10.1 Å². The van der Waals surface area contributed by atoms with Gasteiger partial charge in [0.15, 0.2) is 0 Å². The largest absolute Gasteiger partial charge is 0.573 e. The van der Waals surface area contributed by atoms with Crippen LogP contribution >= 0.6 is 0 Å². The molecule has 0 atom stereocenters. The molecule has 0 aliphatic heterocycles. The topological polar surface area (TPSA) is 95.9 Å². The van der Waals surface area contributed by atoms with E-state index in [1.807, 2.05) is 60.7 Å². The Labute approximate surface area is 246 Å². The fourth-order valence-corrected chi connectivity index (χ4v) is 4.56. The highest BCUT2D eigenvalue weighted by atomic mass is 19.4. The maximum absolute atomic E-state index is 13.8. The molecule has 4 aromatic rings. The van der Waals surface area contributed by atoms with Gasteiger partial charge in [0.05, 0.1) is 6.42 Å². The number of carbonyl (C=O) groups excluding carboxylic acids is 2. The van der Waals surface area contributed by atoms with Crippen LogP contribution in [0.5, 0.6) is 5.75 Å². The molecule has 0 aliphatic rings. The van der Waals surface area contributed by atoms with Gasteiger partial charge in [-0.1, -0.05) is 72.8 Å². The molecule has 222 valence electrons. The summed E-state index contributed by atoms with van der Waals surface area (Å²) in [5, 5.41) is 11.3. The number of nitrogens with zero attached hydrogens (tertiary/aromatic N) is 1. The van der Waals surface area contributed by atoms with Crippen molar-refractivity contribution in [1.82, 2.24) is 10.2 Å². The lowest BCUT2D eigenvalue weighted by Crippen LogP contribution is -2.34. The van der Waals surface area contributed by atoms with Crippen LogP contribution in [-0.2, 0) is 11.3 Å². The predicted octanol–water partition coefficient (Wildman–Crippen LogP) is 6.26. The third-order valence-electron chi connectivity index (χ3n) is 6.64. The number of carboxylic acids is 1. The van der Waals surface area contributed by atoms with E-state index in [1.165, 1.54) is 12.1 Å². The van der Waals surface area contributed by atoms with Crippen molar-refractivity contribution in [2.24, 2.45) is 0 Å². The van der Waals surface area contributed by atoms with Crippen LogP contribution in [0.4, 0.5) is 13.2 Å². The number of rotatable bonds is 12. The van der Waals surface area contributed by atoms with Crippen molar-refractivity contribution in [3.63, 3.8) is 0 Å². The number of alkyl halides is 3. The Morgan fingerprint density at radius 1 is 0.767 bits per heavy atom. The van der Waals surface area contributed by atoms with Crippen LogP contribution in [0, 0.1) is 0 Å². The van der Waals surface area contributed by atoms with Gasteiger partial charge in [-0.15, -0.1) is 13.2 Å². The molecule has 10 heteroatoms. The summed E-state index contributed by atoms with van der Waals surface area (Å²) < 4.78 is 41.9. The maximum Gasteiger partial charge on any atom is 0.573 e. The summed E-state index contributed by atoms with van der Waals surface area (Å²) in [7, 11) is 0. The van der Waals surface area contributed by atoms with E-state index < -0.39 is 29.9 Å². The highest BCUT2D eigenvalue weighted by Crippen LogP contribution is 2.28. The minimum Gasteiger partial charge on any atom is -0.481 e. The molecule has 0 fully saturated rings. The van der Waals surface area contributed by atoms with E-state index in [-0.39, 0.29) is 37.5 Å². The third-order valence-corrected chi connectivity index (χ3v) is 6.64. The maximum atomic E-state index is 13.8. The minimum atomic E-state index is -4.85. The van der Waals surface area contributed by atoms with Gasteiger partial charge in [0.25, 0.3) is 11.8 Å². The average molecular weight is 591 g/mol. The molecule has 2 N–H and O–H groups in total. The van der Waals surface area contributed by atoms with Crippen molar-refractivity contribution < 1.29 is 37.4 Å². The van der Waals surface area contributed by atoms with Gasteiger partial charge in [0.2, 0.25) is 0 Å². The molecule has 0 saturated carbocycles. The zero-order valence-electron chi connectivity index (χ0n) is 23.0. The molecule has 4 rings (SSSR count). The first-order chi connectivity index (χ1) is 20.6. The minimum absolute atomic E-state index is 0.00857. The van der Waals surface area contributed by atoms with E-state index in [0.29, 0.717) is 11.1 Å². The fraction of sp³-hybridized carbons (Fsp3) is 0.182. The highest BCUT2D eigenvalue weighted by Gasteiger charge is 2.31. The molecule has 0 saturated heterocycles. The third kappa shape index (κ3) is 9.19. The van der Waals surface area contributed by atoms with Gasteiger partial charge >= 0.3 is 12.3 Å². The van der Waals surface area contributed by atoms with Gasteiger partial charge in [0.1, 0.15) is 5.75 Å². The SMILES string of the molecule is O=C(O)CCNC(=O)c1ccc(CN(CC(c2ccccc2)c2ccccc2)C(=O)c2ccc(OC(F)(F)F)cc2)cc1. The molecule has 0 aliphatic carbocycles. The Morgan fingerprint density at radius 2 is 1.30 bits per heavy atom. The summed E-state index contributed by atoms with van der Waals surface area (Å²) in [4.78, 5) is 38.6. The van der Waals surface area contributed by atoms with Gasteiger partial charge in [-0.25, -0.2) is 0 Å². The summed E-state index contributed by atoms with van der Waals surface area (Å²) in [6.07, 6.45) is -5.05. The van der Waals surface area contributed by atoms with Crippen molar-refractivity contribution in [3.05, 3.63) is 137 Å². The zero-order valence-corrected chi connectivity index (χ0v) is 23.0. The van der Waals surface area contributed by atoms with E-state index in [2.05, 4.69) is 10.1 Å². The van der Waals surface area contributed by atoms with Crippen molar-refractivity contribution >= 4 is 17.8 Å². The molecule has 0 radical (unpaired) electrons. The lowest BCUT2D eigenvalue weighted by molar-refractivity contribution is -0.274. The normalized spacial score (nSPS) is 11.2. The predicted molar refractivity (Wildman–Crippen MR) is 154 cm³/mol. The van der Waals surface area contributed by atoms with Crippen molar-refractivity contribution in [2.75, 3.05) is 13.1 Å². The second-order valence-corrected chi connectivity index (χ2v) is 9.73. The molecule has 7 nitrogen and oxygen atoms in total. The van der Waals surface area contributed by atoms with Crippen LogP contribution in [0.15, 0.2) is 109 Å². The number of nitrogens with one attached hydrogen (secondary N) is 1. The number of hydrogen-bond donors (Lipinski definition) is 2. The standard InChI is InChI=1S/C33H29F3N2O5/c34-33(35,36)43-28-17-15-27(16-18-28)32(42)38(21-23-11-13-26(14-12-23)31(41)37-20-19-30(39)40)22-29(24-7-3-1-4-8-24)25-9-5-2-6-10-25/h1-18,29H,19-22H2,(H,37,41)(H,39,40). The van der Waals surface area contributed by atoms with Crippen LogP contribution in [0.2, 0.25) is 0 Å². The molecule has 4 aromatic carbocycles. The second kappa shape index (κ2) is 14.2. The molecule has 0 bridgehead atoms. The van der Waals surface area contributed by atoms with Gasteiger partial charge in [-0.2, -0.15) is 0 Å². The van der Waals surface area contributed by atoms with E-state index in [9.17, 15) is 27.6 Å². The average Bonchev–Trinajstić information content (AvgIpc) is 2.99. The van der Waals surface area contributed by atoms with Gasteiger partial charge < -0.3 is 20.1 Å². The van der Waals surface area contributed by atoms with E-state index in [4.69, 9.17) is 5.11 Å². The summed E-state index contributed by atoms with van der Waals surface area (Å²) >= 11 is 0. The number of carboxylic acid groups (broad SMARTS) is 1. The first kappa shape index (κ1) is 30.8. The Hall–Kier alpha value is -5.12. The van der Waals surface area contributed by atoms with Gasteiger partial charge in [0, 0.05) is 36.7 Å². The monoisotopic (exact) mass is 590 g/mol. The van der Waals surface area contributed by atoms with E-state index in [1.54, 1.807) is 29.2 Å². The number of aliphatic carboxylic acids is 1. The first-order valence-corrected chi connectivity index (χ1v) is 13.4. The van der Waals surface area contributed by atoms with E-state index >= 15 is 0 Å². The van der Waals surface area contributed by atoms with Crippen molar-refractivity contribution in [2.45, 2.75) is 25.2 Å². The van der Waals surface area contributed by atoms with Crippen LogP contribution in [0.25, 0.3) is 0 Å². The van der Waals surface area contributed by atoms with Crippen LogP contribution in [-0.4, -0.2) is 47.2 Å². The Kier molecular flexibility index (Phi) is 10.2. The summed E-state index contributed by atoms with van der Waals surface area (Å²) in [6.45, 7) is 0.396. The first-order valence-electron chi connectivity index (χ1n) is 13.4. The Bertz CT molecular complexity index is 1470. The van der Waals surface area contributed by atoms with Crippen molar-refractivity contribution in [1.29, 1.82) is 0 Å². The Morgan fingerprint density at radius 3 is 1.81 bits per heavy atom. The van der Waals surface area contributed by atoms with Crippen molar-refractivity contribution in [3.8, 4) is 5.75 Å². The van der Waals surface area contributed by atoms with Crippen LogP contribution in [0.3, 0.4) is 0 Å². The lowest BCUT2D eigenvalue weighted by atomic mass is 9.90. The lowest BCUT2D eigenvalue weighted by Gasteiger charge is -2.29. The number of benzene rings is 4. The molecule has 2 amide bonds. The molecular formula is C33H29F3N2O5. The van der Waals surface area contributed by atoms with Gasteiger partial charge in [-0.3, -0.25) is 14.4 Å². The molecular weight excluding hydrogens is 561 g/mol. The Balaban J connectivity index is 1.61. The zero-order chi connectivity index (χ0) is 30.8. The molecule has 0 aromatic heterocycles. The number of carbonyl (C=O) groups is 3. The molecule has 0 heterocycles. The number of hydrogen-bond acceptors (Lipinski definition) is 4. The molecule has 0 unspecified atom stereocenters. The fourth-order valence-electron chi connectivity index (χ4n) is 4.56. The number of ether oxygens (including phenoxy) is 1. The second-order valence-electron chi connectivity index (χ2n) is 9.73. The quantitative estimate of drug-likeness (QED) is 0.203. The summed E-state index contributed by atoms with van der Waals surface area (Å²) in [5.74, 6) is -2.48.